The molecule has 0 bridgehead atoms. The van der Waals surface area contributed by atoms with Gasteiger partial charge in [-0.15, -0.1) is 0 Å². The molecule has 11 atom stereocenters. The van der Waals surface area contributed by atoms with Crippen LogP contribution >= 0.6 is 0 Å². The summed E-state index contributed by atoms with van der Waals surface area (Å²) in [5.74, 6) is -10.5. The van der Waals surface area contributed by atoms with Crippen LogP contribution in [0.1, 0.15) is 113 Å². The second-order valence-corrected chi connectivity index (χ2v) is 18.0. The van der Waals surface area contributed by atoms with Gasteiger partial charge in [0.25, 0.3) is 0 Å². The number of benzene rings is 1. The van der Waals surface area contributed by atoms with E-state index in [0.29, 0.717) is 44.2 Å². The van der Waals surface area contributed by atoms with Crippen LogP contribution in [0.15, 0.2) is 30.3 Å². The number of rotatable bonds is 31. The maximum Gasteiger partial charge on any atom is 0.326 e. The number of aliphatic carboxylic acids is 2. The third-order valence-electron chi connectivity index (χ3n) is 11.5. The van der Waals surface area contributed by atoms with Crippen molar-refractivity contribution in [2.45, 2.75) is 168 Å². The largest absolute Gasteiger partial charge is 0.481 e. The summed E-state index contributed by atoms with van der Waals surface area (Å²) in [6, 6.07) is -2.37. The Labute approximate surface area is 393 Å². The topological polar surface area (TPSA) is 351 Å². The fourth-order valence-corrected chi connectivity index (χ4v) is 6.92. The Hall–Kier alpha value is -5.67. The molecule has 0 saturated heterocycles. The molecule has 11 unspecified atom stereocenters. The number of hydrogen-bond acceptors (Lipinski definition) is 12. The smallest absolute Gasteiger partial charge is 0.326 e. The van der Waals surface area contributed by atoms with E-state index >= 15 is 0 Å². The van der Waals surface area contributed by atoms with Gasteiger partial charge in [-0.1, -0.05) is 105 Å². The minimum Gasteiger partial charge on any atom is -0.481 e. The first-order chi connectivity index (χ1) is 31.4. The maximum atomic E-state index is 14.2. The van der Waals surface area contributed by atoms with E-state index < -0.39 is 132 Å². The Morgan fingerprint density at radius 3 is 1.49 bits per heavy atom. The van der Waals surface area contributed by atoms with Crippen molar-refractivity contribution in [3.8, 4) is 0 Å². The summed E-state index contributed by atoms with van der Waals surface area (Å²) >= 11 is 0. The van der Waals surface area contributed by atoms with Gasteiger partial charge < -0.3 is 64.0 Å². The molecule has 0 aliphatic heterocycles. The van der Waals surface area contributed by atoms with Crippen LogP contribution in [-0.4, -0.2) is 130 Å². The molecule has 0 aliphatic carbocycles. The van der Waals surface area contributed by atoms with Gasteiger partial charge in [-0.05, 0) is 62.0 Å². The van der Waals surface area contributed by atoms with Gasteiger partial charge in [0.15, 0.2) is 0 Å². The summed E-state index contributed by atoms with van der Waals surface area (Å²) in [6.45, 7) is 15.4. The predicted molar refractivity (Wildman–Crippen MR) is 249 cm³/mol. The highest BCUT2D eigenvalue weighted by atomic mass is 16.4. The van der Waals surface area contributed by atoms with Gasteiger partial charge >= 0.3 is 11.9 Å². The molecule has 67 heavy (non-hydrogen) atoms. The summed E-state index contributed by atoms with van der Waals surface area (Å²) in [6.07, 6.45) is -0.247. The minimum absolute atomic E-state index is 0.0236. The lowest BCUT2D eigenvalue weighted by molar-refractivity contribution is -0.144. The van der Waals surface area contributed by atoms with Crippen molar-refractivity contribution in [2.24, 2.45) is 35.1 Å². The molecule has 21 heteroatoms. The first kappa shape index (κ1) is 59.3. The molecular formula is C46H77N9O12. The molecule has 0 aromatic heterocycles. The van der Waals surface area contributed by atoms with E-state index in [1.54, 1.807) is 85.7 Å². The van der Waals surface area contributed by atoms with Crippen LogP contribution in [0.2, 0.25) is 0 Å². The Balaban J connectivity index is 3.48. The lowest BCUT2D eigenvalue weighted by Gasteiger charge is -2.31. The minimum atomic E-state index is -1.73. The van der Waals surface area contributed by atoms with Gasteiger partial charge in [-0.3, -0.25) is 38.4 Å². The van der Waals surface area contributed by atoms with Gasteiger partial charge in [0.05, 0.1) is 18.6 Å². The number of nitrogens with two attached hydrogens (primary N) is 2. The van der Waals surface area contributed by atoms with Crippen molar-refractivity contribution in [1.29, 1.82) is 0 Å². The van der Waals surface area contributed by atoms with E-state index in [9.17, 15) is 58.5 Å². The molecule has 0 saturated carbocycles. The standard InChI is InChI=1S/C46H77N9O12/c1-10-26(7)36(43(63)50-32(23-34(57)58)40(60)51-33(46(66)67)21-24(3)4)53-41(61)31(22-29-17-13-12-14-18-29)49-45(65)38(28(9)56)55-44(64)37(27(8)11-2)54-42(62)35(25(5)6)52-39(59)30(48)19-15-16-20-47/h12-14,17-18,24-28,30-33,35-38,56H,10-11,15-16,19-23,47-48H2,1-9H3,(H,49,65)(H,50,63)(H,51,60)(H,52,59)(H,53,61)(H,54,62)(H,55,64)(H,57,58)(H,66,67). The van der Waals surface area contributed by atoms with Crippen molar-refractivity contribution in [3.05, 3.63) is 35.9 Å². The molecule has 1 aromatic rings. The zero-order chi connectivity index (χ0) is 51.1. The third kappa shape index (κ3) is 20.8. The van der Waals surface area contributed by atoms with Crippen LogP contribution in [0, 0.1) is 23.7 Å². The fraction of sp³-hybridized carbons (Fsp3) is 0.674. The van der Waals surface area contributed by atoms with Crippen molar-refractivity contribution in [1.82, 2.24) is 37.2 Å². The second kappa shape index (κ2) is 29.9. The normalized spacial score (nSPS) is 16.3. The molecule has 0 radical (unpaired) electrons. The molecular weight excluding hydrogens is 871 g/mol. The number of hydrogen-bond donors (Lipinski definition) is 12. The number of unbranched alkanes of at least 4 members (excludes halogenated alkanes) is 1. The van der Waals surface area contributed by atoms with Crippen LogP contribution < -0.4 is 48.7 Å². The number of carboxylic acids is 2. The van der Waals surface area contributed by atoms with Gasteiger partial charge in [0.1, 0.15) is 42.3 Å². The number of aliphatic hydroxyl groups is 1. The number of carboxylic acid groups (broad SMARTS) is 2. The zero-order valence-corrected chi connectivity index (χ0v) is 40.4. The molecule has 0 aliphatic rings. The van der Waals surface area contributed by atoms with E-state index in [1.165, 1.54) is 6.92 Å². The highest BCUT2D eigenvalue weighted by Gasteiger charge is 2.38. The van der Waals surface area contributed by atoms with E-state index in [2.05, 4.69) is 37.2 Å². The average Bonchev–Trinajstić information content (AvgIpc) is 3.26. The zero-order valence-electron chi connectivity index (χ0n) is 40.4. The van der Waals surface area contributed by atoms with Crippen molar-refractivity contribution in [2.75, 3.05) is 6.54 Å². The highest BCUT2D eigenvalue weighted by Crippen LogP contribution is 2.15. The summed E-state index contributed by atoms with van der Waals surface area (Å²) in [5, 5.41) is 47.9. The fourth-order valence-electron chi connectivity index (χ4n) is 6.92. The first-order valence-electron chi connectivity index (χ1n) is 23.1. The Bertz CT molecular complexity index is 1800. The number of carbonyl (C=O) groups excluding carboxylic acids is 7. The Morgan fingerprint density at radius 1 is 0.567 bits per heavy atom. The monoisotopic (exact) mass is 948 g/mol. The highest BCUT2D eigenvalue weighted by molar-refractivity contribution is 5.98. The molecule has 0 heterocycles. The number of nitrogens with one attached hydrogen (secondary N) is 7. The lowest BCUT2D eigenvalue weighted by atomic mass is 9.95. The summed E-state index contributed by atoms with van der Waals surface area (Å²) in [7, 11) is 0. The van der Waals surface area contributed by atoms with Crippen LogP contribution in [0.4, 0.5) is 0 Å². The number of aliphatic hydroxyl groups excluding tert-OH is 1. The van der Waals surface area contributed by atoms with Crippen LogP contribution in [-0.2, 0) is 49.6 Å². The molecule has 378 valence electrons. The van der Waals surface area contributed by atoms with E-state index in [1.807, 2.05) is 0 Å². The molecule has 7 amide bonds. The van der Waals surface area contributed by atoms with E-state index in [0.717, 1.165) is 0 Å². The van der Waals surface area contributed by atoms with Crippen LogP contribution in [0.25, 0.3) is 0 Å². The van der Waals surface area contributed by atoms with Gasteiger partial charge in [0, 0.05) is 6.42 Å². The molecule has 0 fully saturated rings. The van der Waals surface area contributed by atoms with Gasteiger partial charge in [-0.25, -0.2) is 4.79 Å². The molecule has 21 nitrogen and oxygen atoms in total. The third-order valence-corrected chi connectivity index (χ3v) is 11.5. The molecule has 14 N–H and O–H groups in total. The summed E-state index contributed by atoms with van der Waals surface area (Å²) in [5.41, 5.74) is 12.2. The average molecular weight is 948 g/mol. The molecule has 1 aromatic carbocycles. The van der Waals surface area contributed by atoms with Crippen molar-refractivity contribution >= 4 is 53.3 Å². The quantitative estimate of drug-likeness (QED) is 0.0430. The molecule has 1 rings (SSSR count). The predicted octanol–water partition coefficient (Wildman–Crippen LogP) is -0.187. The SMILES string of the molecule is CCC(C)C(NC(=O)C(Cc1ccccc1)NC(=O)C(NC(=O)C(NC(=O)C(NC(=O)C(N)CCCCN)C(C)C)C(C)CC)C(C)O)C(=O)NC(CC(=O)O)C(=O)NC(CC(C)C)C(=O)O. The second-order valence-electron chi connectivity index (χ2n) is 18.0. The lowest BCUT2D eigenvalue weighted by Crippen LogP contribution is -2.63. The summed E-state index contributed by atoms with van der Waals surface area (Å²) in [4.78, 5) is 120. The van der Waals surface area contributed by atoms with E-state index in [4.69, 9.17) is 11.5 Å². The van der Waals surface area contributed by atoms with Crippen LogP contribution in [0.3, 0.4) is 0 Å². The van der Waals surface area contributed by atoms with Gasteiger partial charge in [-0.2, -0.15) is 0 Å². The molecule has 0 spiro atoms. The Morgan fingerprint density at radius 2 is 1.01 bits per heavy atom. The van der Waals surface area contributed by atoms with Crippen molar-refractivity contribution < 1.29 is 58.5 Å². The Kier molecular flexibility index (Phi) is 26.5. The number of amides is 7. The summed E-state index contributed by atoms with van der Waals surface area (Å²) < 4.78 is 0. The maximum absolute atomic E-state index is 14.2. The van der Waals surface area contributed by atoms with Gasteiger partial charge in [0.2, 0.25) is 41.4 Å². The van der Waals surface area contributed by atoms with Crippen molar-refractivity contribution in [3.63, 3.8) is 0 Å². The number of carbonyl (C=O) groups is 9. The van der Waals surface area contributed by atoms with Crippen LogP contribution in [0.5, 0.6) is 0 Å². The first-order valence-corrected chi connectivity index (χ1v) is 23.1. The van der Waals surface area contributed by atoms with E-state index in [-0.39, 0.29) is 18.8 Å².